The van der Waals surface area contributed by atoms with Gasteiger partial charge in [0.05, 0.1) is 5.41 Å². The van der Waals surface area contributed by atoms with Gasteiger partial charge in [-0.1, -0.05) is 460 Å². The van der Waals surface area contributed by atoms with Crippen LogP contribution in [-0.2, 0) is 10.8 Å². The van der Waals surface area contributed by atoms with Gasteiger partial charge in [0.1, 0.15) is 22.3 Å². The van der Waals surface area contributed by atoms with Crippen LogP contribution in [0.3, 0.4) is 0 Å². The van der Waals surface area contributed by atoms with Crippen LogP contribution in [0.4, 0.5) is 0 Å². The van der Waals surface area contributed by atoms with E-state index in [1.165, 1.54) is 186 Å². The average molecular weight is 1670 g/mol. The van der Waals surface area contributed by atoms with E-state index in [1.807, 2.05) is 47.7 Å². The third-order valence-electron chi connectivity index (χ3n) is 25.0. The molecule has 0 amide bonds. The summed E-state index contributed by atoms with van der Waals surface area (Å²) in [6, 6.07) is 162. The predicted octanol–water partition coefficient (Wildman–Crippen LogP) is 35.1. The van der Waals surface area contributed by atoms with Crippen LogP contribution in [0.2, 0.25) is 0 Å². The first-order chi connectivity index (χ1) is 62.6. The molecule has 2 aliphatic rings. The van der Waals surface area contributed by atoms with Gasteiger partial charge in [0.2, 0.25) is 0 Å². The van der Waals surface area contributed by atoms with Gasteiger partial charge in [0.15, 0.2) is 0 Å². The summed E-state index contributed by atoms with van der Waals surface area (Å²) in [5, 5.41) is 7.44. The minimum Gasteiger partial charge on any atom is -0.456 e. The molecule has 620 valence electrons. The number of aryl methyl sites for hydroxylation is 7. The smallest absolute Gasteiger partial charge is 0.143 e. The number of furan rings is 2. The molecule has 0 atom stereocenters. The van der Waals surface area contributed by atoms with Gasteiger partial charge < -0.3 is 8.83 Å². The van der Waals surface area contributed by atoms with Gasteiger partial charge in [-0.2, -0.15) is 0 Å². The van der Waals surface area contributed by atoms with Gasteiger partial charge in [-0.25, -0.2) is 0 Å². The molecule has 0 fully saturated rings. The quantitative estimate of drug-likeness (QED) is 0.159. The van der Waals surface area contributed by atoms with Gasteiger partial charge in [0.25, 0.3) is 0 Å². The molecular weight excluding hydrogens is 1570 g/mol. The zero-order chi connectivity index (χ0) is 87.7. The largest absolute Gasteiger partial charge is 0.456 e. The predicted molar refractivity (Wildman–Crippen MR) is 548 cm³/mol. The van der Waals surface area contributed by atoms with E-state index in [0.717, 1.165) is 27.9 Å². The van der Waals surface area contributed by atoms with Crippen molar-refractivity contribution < 1.29 is 8.83 Å². The average Bonchev–Trinajstić information content (AvgIpc) is 1.53. The fourth-order valence-electron chi connectivity index (χ4n) is 18.3. The van der Waals surface area contributed by atoms with Gasteiger partial charge in [0, 0.05) is 52.7 Å². The highest BCUT2D eigenvalue weighted by atomic mass is 32.1. The molecule has 0 saturated heterocycles. The molecule has 0 bridgehead atoms. The first-order valence-corrected chi connectivity index (χ1v) is 45.1. The maximum Gasteiger partial charge on any atom is 0.143 e. The SMILES string of the molecule is Cc1ccc(-c2ccc3oc4ccccc4c3c2)cc1.Cc1ccc(-c2ccc3sc4ccccc4c3c2)cc1.Cc1ccc(-c2cccc3c2oc2ccccc23)cc1.Cc1ccc(-c2ccccc2)cc1.Cc1ccc2c(c1)C(C)(C)c1ccccc1-2.Cc1ccc2c(c1)C(c1ccccc1)(c1ccccc1)c1ccccc1-2.Cc1ccccc1-c1ccccc1. The molecule has 0 saturated carbocycles. The number of hydrogen-bond donors (Lipinski definition) is 0. The van der Waals surface area contributed by atoms with Crippen molar-refractivity contribution in [1.29, 1.82) is 0 Å². The Morgan fingerprint density at radius 2 is 0.547 bits per heavy atom. The van der Waals surface area contributed by atoms with E-state index in [0.29, 0.717) is 0 Å². The molecule has 128 heavy (non-hydrogen) atoms. The maximum absolute atomic E-state index is 6.07. The van der Waals surface area contributed by atoms with E-state index in [-0.39, 0.29) is 10.8 Å². The van der Waals surface area contributed by atoms with Crippen molar-refractivity contribution in [3.63, 3.8) is 0 Å². The van der Waals surface area contributed by atoms with Crippen LogP contribution in [0.25, 0.3) is 142 Å². The summed E-state index contributed by atoms with van der Waals surface area (Å²) in [6.07, 6.45) is 0. The lowest BCUT2D eigenvalue weighted by molar-refractivity contribution is 0.660. The van der Waals surface area contributed by atoms with Gasteiger partial charge >= 0.3 is 0 Å². The standard InChI is InChI=1S/C26H20.2C19H14O.C19H14S.C16H16.2C13H12/c1-19-16-17-23-22-14-8-9-15-24(22)26(25(23)18-19,20-10-4-2-5-11-20)21-12-6-3-7-13-21;1-13-9-11-14(12-10-13)15-6-4-7-17-16-5-2-3-8-18(16)20-19(15)17;2*1-13-6-8-14(9-7-13)15-10-11-19-17(12-15)16-4-2-3-5-18(16)20-19;1-11-8-9-13-12-6-4-5-7-14(12)16(2,3)15(13)10-11;1-11-7-5-6-10-13(11)12-8-3-2-4-9-12;1-11-7-9-13(10-8-11)12-5-3-2-4-6-12/h2-18H,1H3;3*2-12H,1H3;4-10H,1-3H3;2*2-10H,1H3. The highest BCUT2D eigenvalue weighted by Gasteiger charge is 2.46. The number of benzene rings is 19. The fourth-order valence-corrected chi connectivity index (χ4v) is 19.4. The van der Waals surface area contributed by atoms with E-state index in [2.05, 4.69) is 481 Å². The molecule has 3 heteroatoms. The number of fused-ring (bicyclic) bond motifs is 15. The highest BCUT2D eigenvalue weighted by molar-refractivity contribution is 7.25. The van der Waals surface area contributed by atoms with Crippen LogP contribution in [0.1, 0.15) is 86.2 Å². The zero-order valence-corrected chi connectivity index (χ0v) is 74.8. The van der Waals surface area contributed by atoms with Crippen LogP contribution in [0.5, 0.6) is 0 Å². The second-order valence-electron chi connectivity index (χ2n) is 34.2. The highest BCUT2D eigenvalue weighted by Crippen LogP contribution is 2.57. The third kappa shape index (κ3) is 17.5. The fraction of sp³-hybridized carbons (Fsp3) is 0.0880. The van der Waals surface area contributed by atoms with E-state index < -0.39 is 0 Å². The summed E-state index contributed by atoms with van der Waals surface area (Å²) in [5.41, 5.74) is 39.2. The monoisotopic (exact) mass is 1670 g/mol. The second-order valence-corrected chi connectivity index (χ2v) is 35.3. The minimum atomic E-state index is -0.263. The Kier molecular flexibility index (Phi) is 24.5. The summed E-state index contributed by atoms with van der Waals surface area (Å²) in [5.74, 6) is 0. The molecule has 3 heterocycles. The first-order valence-electron chi connectivity index (χ1n) is 44.3. The molecule has 19 aromatic carbocycles. The maximum atomic E-state index is 6.07. The number of rotatable bonds is 7. The van der Waals surface area contributed by atoms with Gasteiger partial charge in [-0.15, -0.1) is 11.3 Å². The Bertz CT molecular complexity index is 7390. The molecule has 0 spiro atoms. The molecule has 0 aliphatic heterocycles. The lowest BCUT2D eigenvalue weighted by Crippen LogP contribution is -2.28. The molecule has 3 aromatic heterocycles. The molecule has 24 rings (SSSR count). The summed E-state index contributed by atoms with van der Waals surface area (Å²) in [7, 11) is 0. The van der Waals surface area contributed by atoms with Crippen LogP contribution in [-0.4, -0.2) is 0 Å². The summed E-state index contributed by atoms with van der Waals surface area (Å²) in [6.45, 7) is 19.6. The van der Waals surface area contributed by atoms with Crippen molar-refractivity contribution >= 4 is 75.4 Å². The van der Waals surface area contributed by atoms with Crippen molar-refractivity contribution in [2.45, 2.75) is 73.1 Å². The zero-order valence-electron chi connectivity index (χ0n) is 74.0. The Morgan fingerprint density at radius 3 is 1.12 bits per heavy atom. The molecule has 0 unspecified atom stereocenters. The Morgan fingerprint density at radius 1 is 0.195 bits per heavy atom. The van der Waals surface area contributed by atoms with Crippen LogP contribution >= 0.6 is 11.3 Å². The molecule has 22 aromatic rings. The molecule has 0 N–H and O–H groups in total. The second kappa shape index (κ2) is 37.4. The Balaban J connectivity index is 0.000000102. The lowest BCUT2D eigenvalue weighted by Gasteiger charge is -2.34. The van der Waals surface area contributed by atoms with E-state index in [4.69, 9.17) is 8.83 Å². The van der Waals surface area contributed by atoms with E-state index in [9.17, 15) is 0 Å². The van der Waals surface area contributed by atoms with E-state index >= 15 is 0 Å². The van der Waals surface area contributed by atoms with Gasteiger partial charge in [-0.3, -0.25) is 0 Å². The summed E-state index contributed by atoms with van der Waals surface area (Å²) in [4.78, 5) is 0. The van der Waals surface area contributed by atoms with Crippen LogP contribution < -0.4 is 0 Å². The molecule has 0 radical (unpaired) electrons. The van der Waals surface area contributed by atoms with Crippen LogP contribution in [0, 0.1) is 48.5 Å². The number of thiophene rings is 1. The third-order valence-corrected chi connectivity index (χ3v) is 26.2. The molecule has 2 nitrogen and oxygen atoms in total. The molecular formula is C125H102O2S. The minimum absolute atomic E-state index is 0.151. The van der Waals surface area contributed by atoms with Crippen LogP contribution in [0.15, 0.2) is 464 Å². The lowest BCUT2D eigenvalue weighted by atomic mass is 9.67. The first kappa shape index (κ1) is 83.9. The van der Waals surface area contributed by atoms with Gasteiger partial charge in [-0.05, 0) is 202 Å². The number of hydrogen-bond acceptors (Lipinski definition) is 3. The summed E-state index contributed by atoms with van der Waals surface area (Å²) >= 11 is 1.87. The Hall–Kier alpha value is -15.0. The summed E-state index contributed by atoms with van der Waals surface area (Å²) < 4.78 is 14.7. The van der Waals surface area contributed by atoms with Crippen molar-refractivity contribution in [1.82, 2.24) is 0 Å². The number of para-hydroxylation sites is 3. The van der Waals surface area contributed by atoms with Crippen molar-refractivity contribution in [2.75, 3.05) is 0 Å². The molecule has 2 aliphatic carbocycles. The topological polar surface area (TPSA) is 26.3 Å². The van der Waals surface area contributed by atoms with Crippen molar-refractivity contribution in [3.8, 4) is 77.9 Å². The Labute approximate surface area is 757 Å². The van der Waals surface area contributed by atoms with E-state index in [1.54, 1.807) is 0 Å². The normalized spacial score (nSPS) is 12.1. The van der Waals surface area contributed by atoms with Crippen molar-refractivity contribution in [3.05, 3.63) is 527 Å². The van der Waals surface area contributed by atoms with Crippen molar-refractivity contribution in [2.24, 2.45) is 0 Å².